The van der Waals surface area contributed by atoms with E-state index < -0.39 is 20.9 Å². The highest BCUT2D eigenvalue weighted by Gasteiger charge is 2.11. The monoisotopic (exact) mass is 363 g/mol. The lowest BCUT2D eigenvalue weighted by Crippen LogP contribution is -2.29. The first-order valence-electron chi connectivity index (χ1n) is 6.79. The summed E-state index contributed by atoms with van der Waals surface area (Å²) >= 11 is 0. The second kappa shape index (κ2) is 7.09. The van der Waals surface area contributed by atoms with Crippen molar-refractivity contribution in [1.29, 1.82) is 0 Å². The van der Waals surface area contributed by atoms with Gasteiger partial charge in [0.15, 0.2) is 0 Å². The van der Waals surface area contributed by atoms with Gasteiger partial charge in [0, 0.05) is 29.5 Å². The van der Waals surface area contributed by atoms with Crippen molar-refractivity contribution in [3.8, 4) is 5.75 Å². The molecule has 0 heterocycles. The fourth-order valence-corrected chi connectivity index (χ4v) is 2.31. The van der Waals surface area contributed by atoms with Crippen LogP contribution in [0.5, 0.6) is 5.75 Å². The molecule has 0 saturated heterocycles. The van der Waals surface area contributed by atoms with Crippen LogP contribution >= 0.6 is 0 Å². The van der Waals surface area contributed by atoms with Gasteiger partial charge in [-0.25, -0.2) is 13.1 Å². The summed E-state index contributed by atoms with van der Waals surface area (Å²) in [5, 5.41) is 20.5. The number of nitrogens with zero attached hydrogens (tertiary/aromatic N) is 2. The Kier molecular flexibility index (Phi) is 5.13. The molecule has 0 aliphatic carbocycles. The summed E-state index contributed by atoms with van der Waals surface area (Å²) in [6.07, 6.45) is 2.06. The molecule has 25 heavy (non-hydrogen) atoms. The van der Waals surface area contributed by atoms with E-state index in [1.165, 1.54) is 30.5 Å². The van der Waals surface area contributed by atoms with E-state index in [0.717, 1.165) is 18.4 Å². The molecule has 0 aliphatic rings. The topological polar surface area (TPSA) is 139 Å². The zero-order chi connectivity index (χ0) is 18.6. The molecular weight excluding hydrogens is 350 g/mol. The van der Waals surface area contributed by atoms with Crippen molar-refractivity contribution in [2.24, 2.45) is 4.99 Å². The molecule has 2 rings (SSSR count). The smallest absolute Gasteiger partial charge is 0.270 e. The largest absolute Gasteiger partial charge is 0.507 e. The Morgan fingerprint density at radius 3 is 2.64 bits per heavy atom. The Bertz CT molecular complexity index is 969. The molecule has 0 aliphatic heterocycles. The maximum atomic E-state index is 11.8. The van der Waals surface area contributed by atoms with E-state index in [1.807, 2.05) is 4.72 Å². The summed E-state index contributed by atoms with van der Waals surface area (Å²) in [7, 11) is -3.69. The molecule has 0 saturated carbocycles. The van der Waals surface area contributed by atoms with Crippen LogP contribution < -0.4 is 4.72 Å². The van der Waals surface area contributed by atoms with Gasteiger partial charge in [-0.05, 0) is 24.3 Å². The van der Waals surface area contributed by atoms with Crippen LogP contribution in [0.2, 0.25) is 0 Å². The zero-order valence-corrected chi connectivity index (χ0v) is 13.7. The molecular formula is C15H13N3O6S. The van der Waals surface area contributed by atoms with E-state index in [0.29, 0.717) is 5.69 Å². The highest BCUT2D eigenvalue weighted by atomic mass is 32.2. The average Bonchev–Trinajstić information content (AvgIpc) is 2.52. The highest BCUT2D eigenvalue weighted by Crippen LogP contribution is 2.22. The number of non-ortho nitro benzene ring substituents is 1. The van der Waals surface area contributed by atoms with Gasteiger partial charge in [0.05, 0.1) is 16.9 Å². The molecule has 0 unspecified atom stereocenters. The van der Waals surface area contributed by atoms with Gasteiger partial charge in [0.2, 0.25) is 10.0 Å². The van der Waals surface area contributed by atoms with Crippen molar-refractivity contribution >= 4 is 33.5 Å². The molecule has 10 heteroatoms. The lowest BCUT2D eigenvalue weighted by Gasteiger charge is -2.03. The fourth-order valence-electron chi connectivity index (χ4n) is 1.86. The molecule has 2 aromatic carbocycles. The minimum absolute atomic E-state index is 0.0725. The van der Waals surface area contributed by atoms with Crippen LogP contribution in [-0.2, 0) is 10.0 Å². The minimum atomic E-state index is -3.69. The van der Waals surface area contributed by atoms with E-state index in [9.17, 15) is 28.4 Å². The van der Waals surface area contributed by atoms with Crippen LogP contribution in [0.1, 0.15) is 15.9 Å². The van der Waals surface area contributed by atoms with Gasteiger partial charge in [-0.3, -0.25) is 19.9 Å². The number of benzene rings is 2. The van der Waals surface area contributed by atoms with Crippen molar-refractivity contribution in [2.75, 3.05) is 6.26 Å². The predicted molar refractivity (Wildman–Crippen MR) is 90.8 cm³/mol. The molecule has 0 spiro atoms. The number of hydrogen-bond donors (Lipinski definition) is 2. The van der Waals surface area contributed by atoms with Crippen molar-refractivity contribution < 1.29 is 23.2 Å². The molecule has 2 aromatic rings. The quantitative estimate of drug-likeness (QED) is 0.471. The van der Waals surface area contributed by atoms with Gasteiger partial charge in [-0.2, -0.15) is 0 Å². The molecule has 2 N–H and O–H groups in total. The summed E-state index contributed by atoms with van der Waals surface area (Å²) in [5.74, 6) is -1.00. The number of nitro groups is 1. The fraction of sp³-hybridized carbons (Fsp3) is 0.0667. The molecule has 0 radical (unpaired) electrons. The van der Waals surface area contributed by atoms with Crippen molar-refractivity contribution in [2.45, 2.75) is 0 Å². The third-order valence-electron chi connectivity index (χ3n) is 2.96. The van der Waals surface area contributed by atoms with Crippen molar-refractivity contribution in [3.05, 3.63) is 63.7 Å². The number of phenols is 1. The second-order valence-corrected chi connectivity index (χ2v) is 6.76. The lowest BCUT2D eigenvalue weighted by atomic mass is 10.2. The summed E-state index contributed by atoms with van der Waals surface area (Å²) in [5.41, 5.74) is 0.288. The molecule has 0 aromatic heterocycles. The van der Waals surface area contributed by atoms with Crippen LogP contribution in [0, 0.1) is 10.1 Å². The van der Waals surface area contributed by atoms with E-state index in [-0.39, 0.29) is 22.6 Å². The van der Waals surface area contributed by atoms with E-state index in [1.54, 1.807) is 6.07 Å². The number of hydrogen-bond acceptors (Lipinski definition) is 7. The standard InChI is InChI=1S/C15H13N3O6S/c1-25(23,24)17-15(20)10-3-2-4-12(7-10)16-9-11-8-13(18(21)22)5-6-14(11)19/h2-9,19H,1H3,(H,17,20). The average molecular weight is 363 g/mol. The number of amides is 1. The minimum Gasteiger partial charge on any atom is -0.507 e. The van der Waals surface area contributed by atoms with Gasteiger partial charge < -0.3 is 5.11 Å². The molecule has 1 amide bonds. The number of aliphatic imine (C=N–C) groups is 1. The maximum Gasteiger partial charge on any atom is 0.270 e. The zero-order valence-electron chi connectivity index (χ0n) is 12.9. The molecule has 0 atom stereocenters. The number of aromatic hydroxyl groups is 1. The van der Waals surface area contributed by atoms with E-state index in [2.05, 4.69) is 4.99 Å². The lowest BCUT2D eigenvalue weighted by molar-refractivity contribution is -0.384. The third-order valence-corrected chi connectivity index (χ3v) is 3.52. The molecule has 9 nitrogen and oxygen atoms in total. The van der Waals surface area contributed by atoms with Crippen molar-refractivity contribution in [1.82, 2.24) is 4.72 Å². The van der Waals surface area contributed by atoms with E-state index in [4.69, 9.17) is 0 Å². The molecule has 0 bridgehead atoms. The summed E-state index contributed by atoms with van der Waals surface area (Å²) in [6, 6.07) is 9.27. The maximum absolute atomic E-state index is 11.8. The number of carbonyl (C=O) groups is 1. The summed E-state index contributed by atoms with van der Waals surface area (Å²) < 4.78 is 24.0. The number of carbonyl (C=O) groups excluding carboxylic acids is 1. The van der Waals surface area contributed by atoms with Crippen molar-refractivity contribution in [3.63, 3.8) is 0 Å². The number of nitro benzene ring substituents is 1. The van der Waals surface area contributed by atoms with Crippen LogP contribution in [0.3, 0.4) is 0 Å². The van der Waals surface area contributed by atoms with Crippen LogP contribution in [0.15, 0.2) is 47.5 Å². The summed E-state index contributed by atoms with van der Waals surface area (Å²) in [6.45, 7) is 0. The van der Waals surface area contributed by atoms with Crippen LogP contribution in [0.4, 0.5) is 11.4 Å². The Labute approximate surface area is 142 Å². The Hall–Kier alpha value is -3.27. The Morgan fingerprint density at radius 2 is 2.00 bits per heavy atom. The predicted octanol–water partition coefficient (Wildman–Crippen LogP) is 1.74. The normalized spacial score (nSPS) is 11.4. The van der Waals surface area contributed by atoms with Gasteiger partial charge in [-0.1, -0.05) is 6.07 Å². The molecule has 130 valence electrons. The van der Waals surface area contributed by atoms with Gasteiger partial charge in [0.25, 0.3) is 11.6 Å². The first kappa shape index (κ1) is 18.1. The van der Waals surface area contributed by atoms with Crippen LogP contribution in [0.25, 0.3) is 0 Å². The Morgan fingerprint density at radius 1 is 1.28 bits per heavy atom. The first-order chi connectivity index (χ1) is 11.7. The van der Waals surface area contributed by atoms with E-state index >= 15 is 0 Å². The van der Waals surface area contributed by atoms with Gasteiger partial charge in [0.1, 0.15) is 5.75 Å². The van der Waals surface area contributed by atoms with Gasteiger partial charge >= 0.3 is 0 Å². The number of phenolic OH excluding ortho intramolecular Hbond substituents is 1. The number of nitrogens with one attached hydrogen (secondary N) is 1. The number of sulfonamides is 1. The number of rotatable bonds is 5. The SMILES string of the molecule is CS(=O)(=O)NC(=O)c1cccc(N=Cc2cc([N+](=O)[O-])ccc2O)c1. The highest BCUT2D eigenvalue weighted by molar-refractivity contribution is 7.89. The molecule has 0 fully saturated rings. The first-order valence-corrected chi connectivity index (χ1v) is 8.68. The second-order valence-electron chi connectivity index (χ2n) is 5.01. The summed E-state index contributed by atoms with van der Waals surface area (Å²) in [4.78, 5) is 26.0. The van der Waals surface area contributed by atoms with Gasteiger partial charge in [-0.15, -0.1) is 0 Å². The Balaban J connectivity index is 2.28. The third kappa shape index (κ3) is 5.11. The van der Waals surface area contributed by atoms with Crippen LogP contribution in [-0.4, -0.2) is 36.8 Å².